The second-order valence-electron chi connectivity index (χ2n) is 6.49. The van der Waals surface area contributed by atoms with Crippen LogP contribution in [0.4, 0.5) is 17.2 Å². The topological polar surface area (TPSA) is 76.1 Å². The number of rotatable bonds is 5. The molecule has 2 aromatic carbocycles. The van der Waals surface area contributed by atoms with Gasteiger partial charge in [-0.2, -0.15) is 0 Å². The van der Waals surface area contributed by atoms with Gasteiger partial charge in [-0.05, 0) is 44.0 Å². The van der Waals surface area contributed by atoms with E-state index in [0.717, 1.165) is 22.4 Å². The summed E-state index contributed by atoms with van der Waals surface area (Å²) < 4.78 is 5.34. The van der Waals surface area contributed by atoms with Crippen LogP contribution in [0.2, 0.25) is 5.02 Å². The lowest BCUT2D eigenvalue weighted by molar-refractivity contribution is 0.102. The number of carbonyl (C=O) groups is 1. The van der Waals surface area contributed by atoms with Crippen molar-refractivity contribution in [2.45, 2.75) is 20.8 Å². The predicted octanol–water partition coefficient (Wildman–Crippen LogP) is 5.06. The molecule has 0 saturated carbocycles. The van der Waals surface area contributed by atoms with Gasteiger partial charge in [-0.25, -0.2) is 9.97 Å². The smallest absolute Gasteiger partial charge is 0.275 e. The van der Waals surface area contributed by atoms with Crippen LogP contribution < -0.4 is 15.4 Å². The number of methoxy groups -OCH3 is 1. The second kappa shape index (κ2) is 8.27. The van der Waals surface area contributed by atoms with Gasteiger partial charge in [0.15, 0.2) is 0 Å². The summed E-state index contributed by atoms with van der Waals surface area (Å²) in [5.74, 6) is 0.767. The molecule has 6 nitrogen and oxygen atoms in total. The molecule has 0 unspecified atom stereocenters. The van der Waals surface area contributed by atoms with Crippen LogP contribution in [0, 0.1) is 20.8 Å². The van der Waals surface area contributed by atoms with Gasteiger partial charge in [0, 0.05) is 16.8 Å². The highest BCUT2D eigenvalue weighted by Crippen LogP contribution is 2.32. The Labute approximate surface area is 168 Å². The van der Waals surface area contributed by atoms with Crippen molar-refractivity contribution in [3.63, 3.8) is 0 Å². The summed E-state index contributed by atoms with van der Waals surface area (Å²) in [5, 5.41) is 6.61. The van der Waals surface area contributed by atoms with E-state index in [0.29, 0.717) is 22.3 Å². The maximum absolute atomic E-state index is 12.4. The largest absolute Gasteiger partial charge is 0.495 e. The Morgan fingerprint density at radius 3 is 2.43 bits per heavy atom. The lowest BCUT2D eigenvalue weighted by atomic mass is 10.1. The van der Waals surface area contributed by atoms with E-state index >= 15 is 0 Å². The van der Waals surface area contributed by atoms with Crippen LogP contribution in [-0.2, 0) is 0 Å². The quantitative estimate of drug-likeness (QED) is 0.630. The second-order valence-corrected chi connectivity index (χ2v) is 6.89. The van der Waals surface area contributed by atoms with Crippen LogP contribution in [0.15, 0.2) is 42.7 Å². The minimum atomic E-state index is -0.314. The molecule has 0 atom stereocenters. The minimum absolute atomic E-state index is 0.227. The Morgan fingerprint density at radius 2 is 1.79 bits per heavy atom. The number of ether oxygens (including phenoxy) is 1. The molecule has 0 saturated heterocycles. The molecule has 0 aliphatic carbocycles. The van der Waals surface area contributed by atoms with E-state index in [1.807, 2.05) is 45.0 Å². The van der Waals surface area contributed by atoms with Gasteiger partial charge in [0.05, 0.1) is 25.2 Å². The van der Waals surface area contributed by atoms with Gasteiger partial charge in [-0.3, -0.25) is 4.79 Å². The van der Waals surface area contributed by atoms with Crippen molar-refractivity contribution in [1.29, 1.82) is 0 Å². The Morgan fingerprint density at radius 1 is 1.00 bits per heavy atom. The van der Waals surface area contributed by atoms with E-state index in [4.69, 9.17) is 16.3 Å². The van der Waals surface area contributed by atoms with Gasteiger partial charge in [0.2, 0.25) is 0 Å². The monoisotopic (exact) mass is 396 g/mol. The summed E-state index contributed by atoms with van der Waals surface area (Å²) in [7, 11) is 1.57. The van der Waals surface area contributed by atoms with Crippen LogP contribution in [0.5, 0.6) is 5.75 Å². The molecule has 1 amide bonds. The van der Waals surface area contributed by atoms with Crippen molar-refractivity contribution >= 4 is 34.7 Å². The zero-order valence-electron chi connectivity index (χ0n) is 16.1. The summed E-state index contributed by atoms with van der Waals surface area (Å²) >= 11 is 6.13. The third kappa shape index (κ3) is 4.40. The molecular weight excluding hydrogens is 376 g/mol. The fraction of sp³-hybridized carbons (Fsp3) is 0.190. The molecule has 0 bridgehead atoms. The summed E-state index contributed by atoms with van der Waals surface area (Å²) in [6, 6.07) is 9.43. The van der Waals surface area contributed by atoms with Gasteiger partial charge in [-0.1, -0.05) is 29.3 Å². The Hall–Kier alpha value is -3.12. The number of amides is 1. The Kier molecular flexibility index (Phi) is 5.80. The van der Waals surface area contributed by atoms with Gasteiger partial charge in [0.1, 0.15) is 17.3 Å². The average molecular weight is 397 g/mol. The predicted molar refractivity (Wildman–Crippen MR) is 112 cm³/mol. The van der Waals surface area contributed by atoms with Gasteiger partial charge < -0.3 is 15.4 Å². The third-order valence-electron chi connectivity index (χ3n) is 4.26. The van der Waals surface area contributed by atoms with Gasteiger partial charge >= 0.3 is 0 Å². The van der Waals surface area contributed by atoms with Crippen molar-refractivity contribution in [2.75, 3.05) is 17.7 Å². The summed E-state index contributed by atoms with van der Waals surface area (Å²) in [5.41, 5.74) is 4.72. The summed E-state index contributed by atoms with van der Waals surface area (Å²) in [6.45, 7) is 5.86. The fourth-order valence-corrected chi connectivity index (χ4v) is 2.87. The fourth-order valence-electron chi connectivity index (χ4n) is 2.72. The third-order valence-corrected chi connectivity index (χ3v) is 4.67. The molecular formula is C21H21ClN4O2. The molecule has 28 heavy (non-hydrogen) atoms. The summed E-state index contributed by atoms with van der Waals surface area (Å²) in [6.07, 6.45) is 2.93. The first-order chi connectivity index (χ1) is 13.4. The van der Waals surface area contributed by atoms with Crippen molar-refractivity contribution in [2.24, 2.45) is 0 Å². The molecule has 3 aromatic rings. The average Bonchev–Trinajstić information content (AvgIpc) is 2.67. The first-order valence-electron chi connectivity index (χ1n) is 8.69. The highest BCUT2D eigenvalue weighted by molar-refractivity contribution is 6.31. The molecule has 1 aromatic heterocycles. The molecule has 3 rings (SSSR count). The van der Waals surface area contributed by atoms with Crippen molar-refractivity contribution in [3.05, 3.63) is 70.1 Å². The number of halogens is 1. The molecule has 0 radical (unpaired) electrons. The van der Waals surface area contributed by atoms with E-state index in [1.54, 1.807) is 13.2 Å². The number of anilines is 3. The number of hydrogen-bond acceptors (Lipinski definition) is 5. The van der Waals surface area contributed by atoms with Gasteiger partial charge in [-0.15, -0.1) is 0 Å². The van der Waals surface area contributed by atoms with Crippen LogP contribution in [0.25, 0.3) is 0 Å². The van der Waals surface area contributed by atoms with Crippen molar-refractivity contribution < 1.29 is 9.53 Å². The molecule has 2 N–H and O–H groups in total. The molecule has 0 spiro atoms. The molecule has 0 aliphatic rings. The number of carbonyl (C=O) groups excluding carboxylic acids is 1. The number of nitrogens with one attached hydrogen (secondary N) is 2. The maximum atomic E-state index is 12.4. The number of nitrogens with zero attached hydrogens (tertiary/aromatic N) is 2. The standard InChI is InChI=1S/C21H21ClN4O2/c1-12-5-6-16(14(3)7-12)26-21(27)18-10-24-20(11-23-18)25-17-8-13(2)15(22)9-19(17)28-4/h5-11H,1-4H3,(H,24,25)(H,26,27). The van der Waals surface area contributed by atoms with E-state index in [-0.39, 0.29) is 11.6 Å². The number of hydrogen-bond donors (Lipinski definition) is 2. The SMILES string of the molecule is COc1cc(Cl)c(C)cc1Nc1cnc(C(=O)Nc2ccc(C)cc2C)cn1. The summed E-state index contributed by atoms with van der Waals surface area (Å²) in [4.78, 5) is 20.9. The Bertz CT molecular complexity index is 1020. The first kappa shape index (κ1) is 19.6. The maximum Gasteiger partial charge on any atom is 0.275 e. The van der Waals surface area contributed by atoms with Crippen molar-refractivity contribution in [3.8, 4) is 5.75 Å². The van der Waals surface area contributed by atoms with Crippen LogP contribution in [-0.4, -0.2) is 23.0 Å². The van der Waals surface area contributed by atoms with Crippen LogP contribution >= 0.6 is 11.6 Å². The Balaban J connectivity index is 1.75. The normalized spacial score (nSPS) is 10.5. The lowest BCUT2D eigenvalue weighted by Gasteiger charge is -2.13. The number of aromatic nitrogens is 2. The molecule has 1 heterocycles. The molecule has 144 valence electrons. The minimum Gasteiger partial charge on any atom is -0.495 e. The highest BCUT2D eigenvalue weighted by Gasteiger charge is 2.12. The van der Waals surface area contributed by atoms with E-state index in [2.05, 4.69) is 20.6 Å². The van der Waals surface area contributed by atoms with E-state index in [9.17, 15) is 4.79 Å². The zero-order chi connectivity index (χ0) is 20.3. The van der Waals surface area contributed by atoms with Crippen LogP contribution in [0.3, 0.4) is 0 Å². The molecule has 7 heteroatoms. The van der Waals surface area contributed by atoms with Crippen molar-refractivity contribution in [1.82, 2.24) is 9.97 Å². The van der Waals surface area contributed by atoms with E-state index < -0.39 is 0 Å². The first-order valence-corrected chi connectivity index (χ1v) is 9.07. The molecule has 0 aliphatic heterocycles. The van der Waals surface area contributed by atoms with Crippen LogP contribution in [0.1, 0.15) is 27.2 Å². The number of benzene rings is 2. The number of aryl methyl sites for hydroxylation is 3. The zero-order valence-corrected chi connectivity index (χ0v) is 16.9. The molecule has 0 fully saturated rings. The van der Waals surface area contributed by atoms with E-state index in [1.165, 1.54) is 12.4 Å². The van der Waals surface area contributed by atoms with Gasteiger partial charge in [0.25, 0.3) is 5.91 Å². The lowest BCUT2D eigenvalue weighted by Crippen LogP contribution is -2.15. The highest BCUT2D eigenvalue weighted by atomic mass is 35.5.